The molecule has 4 rings (SSSR count). The van der Waals surface area contributed by atoms with Gasteiger partial charge in [-0.3, -0.25) is 18.9 Å². The van der Waals surface area contributed by atoms with Crippen LogP contribution in [-0.4, -0.2) is 60.6 Å². The molecule has 0 aliphatic carbocycles. The monoisotopic (exact) mass is 333 g/mol. The molecule has 2 aromatic rings. The number of hydrogen-bond acceptors (Lipinski definition) is 6. The zero-order valence-electron chi connectivity index (χ0n) is 13.4. The van der Waals surface area contributed by atoms with Gasteiger partial charge in [0.25, 0.3) is 0 Å². The molecular weight excluding hydrogens is 314 g/mol. The standard InChI is InChI=1S/C14H19N7O3/c1-19-5-10(4-15-19)16-12(22)6-20-3-2-14(8-20)9-21-11(7-24-14)17-18-13(21)23/h4-5H,2-3,6-9H2,1H3,(H,16,22)(H,18,23). The zero-order chi connectivity index (χ0) is 16.7. The first-order valence-electron chi connectivity index (χ1n) is 7.82. The Balaban J connectivity index is 1.37. The number of nitrogens with one attached hydrogen (secondary N) is 2. The van der Waals surface area contributed by atoms with Crippen LogP contribution in [0.25, 0.3) is 0 Å². The lowest BCUT2D eigenvalue weighted by Crippen LogP contribution is -2.47. The van der Waals surface area contributed by atoms with Crippen LogP contribution >= 0.6 is 0 Å². The van der Waals surface area contributed by atoms with Crippen molar-refractivity contribution in [1.82, 2.24) is 29.4 Å². The van der Waals surface area contributed by atoms with Gasteiger partial charge < -0.3 is 10.1 Å². The Morgan fingerprint density at radius 2 is 2.38 bits per heavy atom. The second-order valence-electron chi connectivity index (χ2n) is 6.41. The molecule has 4 heterocycles. The first-order chi connectivity index (χ1) is 11.5. The molecule has 0 radical (unpaired) electrons. The van der Waals surface area contributed by atoms with Crippen LogP contribution in [0.5, 0.6) is 0 Å². The fourth-order valence-corrected chi connectivity index (χ4v) is 3.37. The summed E-state index contributed by atoms with van der Waals surface area (Å²) >= 11 is 0. The maximum atomic E-state index is 12.2. The van der Waals surface area contributed by atoms with Crippen molar-refractivity contribution in [1.29, 1.82) is 0 Å². The van der Waals surface area contributed by atoms with E-state index in [2.05, 4.69) is 20.6 Å². The van der Waals surface area contributed by atoms with E-state index in [0.717, 1.165) is 13.0 Å². The summed E-state index contributed by atoms with van der Waals surface area (Å²) in [7, 11) is 1.80. The van der Waals surface area contributed by atoms with E-state index in [9.17, 15) is 9.59 Å². The lowest BCUT2D eigenvalue weighted by Gasteiger charge is -2.33. The summed E-state index contributed by atoms with van der Waals surface area (Å²) in [6.45, 7) is 2.44. The minimum atomic E-state index is -0.421. The Kier molecular flexibility index (Phi) is 3.50. The van der Waals surface area contributed by atoms with E-state index >= 15 is 0 Å². The van der Waals surface area contributed by atoms with Crippen LogP contribution in [0.4, 0.5) is 5.69 Å². The number of carbonyl (C=O) groups is 1. The number of rotatable bonds is 3. The van der Waals surface area contributed by atoms with Gasteiger partial charge in [0.05, 0.1) is 25.0 Å². The lowest BCUT2D eigenvalue weighted by molar-refractivity contribution is -0.117. The van der Waals surface area contributed by atoms with Crippen LogP contribution in [0.15, 0.2) is 17.2 Å². The highest BCUT2D eigenvalue weighted by Crippen LogP contribution is 2.30. The summed E-state index contributed by atoms with van der Waals surface area (Å²) in [5.74, 6) is 0.537. The van der Waals surface area contributed by atoms with Crippen LogP contribution in [0.3, 0.4) is 0 Å². The van der Waals surface area contributed by atoms with Gasteiger partial charge in [-0.1, -0.05) is 0 Å². The summed E-state index contributed by atoms with van der Waals surface area (Å²) in [6, 6.07) is 0. The minimum Gasteiger partial charge on any atom is -0.364 e. The van der Waals surface area contributed by atoms with Gasteiger partial charge in [-0.05, 0) is 6.42 Å². The average Bonchev–Trinajstić information content (AvgIpc) is 3.22. The van der Waals surface area contributed by atoms with Crippen molar-refractivity contribution in [3.63, 3.8) is 0 Å². The summed E-state index contributed by atoms with van der Waals surface area (Å²) < 4.78 is 9.23. The SMILES string of the molecule is Cn1cc(NC(=O)CN2CCC3(C2)Cn2c(n[nH]c2=O)CO3)cn1. The van der Waals surface area contributed by atoms with Gasteiger partial charge in [-0.2, -0.15) is 10.2 Å². The second kappa shape index (κ2) is 5.56. The number of amides is 1. The summed E-state index contributed by atoms with van der Waals surface area (Å²) in [5.41, 5.74) is 0.0512. The fraction of sp³-hybridized carbons (Fsp3) is 0.571. The molecule has 2 aromatic heterocycles. The van der Waals surface area contributed by atoms with Gasteiger partial charge in [0.2, 0.25) is 5.91 Å². The van der Waals surface area contributed by atoms with Gasteiger partial charge in [0.15, 0.2) is 5.82 Å². The molecule has 1 unspecified atom stereocenters. The number of H-pyrrole nitrogens is 1. The number of nitrogens with zero attached hydrogens (tertiary/aromatic N) is 5. The Labute approximate surface area is 137 Å². The molecule has 128 valence electrons. The maximum absolute atomic E-state index is 12.2. The number of carbonyl (C=O) groups excluding carboxylic acids is 1. The Morgan fingerprint density at radius 3 is 3.17 bits per heavy atom. The minimum absolute atomic E-state index is 0.0861. The van der Waals surface area contributed by atoms with E-state index < -0.39 is 5.60 Å². The third-order valence-corrected chi connectivity index (χ3v) is 4.54. The van der Waals surface area contributed by atoms with Gasteiger partial charge >= 0.3 is 5.69 Å². The molecule has 1 saturated heterocycles. The van der Waals surface area contributed by atoms with E-state index in [1.165, 1.54) is 0 Å². The van der Waals surface area contributed by atoms with E-state index in [1.807, 2.05) is 4.90 Å². The van der Waals surface area contributed by atoms with E-state index in [0.29, 0.717) is 31.2 Å². The average molecular weight is 333 g/mol. The van der Waals surface area contributed by atoms with Crippen LogP contribution in [0.2, 0.25) is 0 Å². The van der Waals surface area contributed by atoms with Gasteiger partial charge in [0, 0.05) is 26.3 Å². The van der Waals surface area contributed by atoms with Crippen LogP contribution < -0.4 is 11.0 Å². The van der Waals surface area contributed by atoms with Gasteiger partial charge in [-0.25, -0.2) is 9.89 Å². The largest absolute Gasteiger partial charge is 0.364 e. The van der Waals surface area contributed by atoms with Crippen molar-refractivity contribution < 1.29 is 9.53 Å². The highest BCUT2D eigenvalue weighted by Gasteiger charge is 2.43. The van der Waals surface area contributed by atoms with Crippen molar-refractivity contribution in [2.24, 2.45) is 7.05 Å². The first-order valence-corrected chi connectivity index (χ1v) is 7.82. The van der Waals surface area contributed by atoms with Gasteiger partial charge in [0.1, 0.15) is 12.2 Å². The predicted octanol–water partition coefficient (Wildman–Crippen LogP) is -1.08. The molecule has 2 N–H and O–H groups in total. The van der Waals surface area contributed by atoms with Crippen molar-refractivity contribution in [3.05, 3.63) is 28.7 Å². The van der Waals surface area contributed by atoms with Crippen LogP contribution in [0, 0.1) is 0 Å². The van der Waals surface area contributed by atoms with E-state index in [4.69, 9.17) is 4.74 Å². The first kappa shape index (κ1) is 15.1. The summed E-state index contributed by atoms with van der Waals surface area (Å²) in [6.07, 6.45) is 4.14. The molecule has 2 aliphatic heterocycles. The van der Waals surface area contributed by atoms with E-state index in [1.54, 1.807) is 28.7 Å². The quantitative estimate of drug-likeness (QED) is 0.739. The molecule has 0 bridgehead atoms. The number of aromatic nitrogens is 5. The third-order valence-electron chi connectivity index (χ3n) is 4.54. The molecule has 1 fully saturated rings. The van der Waals surface area contributed by atoms with Crippen molar-refractivity contribution in [2.45, 2.75) is 25.2 Å². The molecule has 1 spiro atoms. The predicted molar refractivity (Wildman–Crippen MR) is 83.3 cm³/mol. The fourth-order valence-electron chi connectivity index (χ4n) is 3.37. The number of hydrogen-bond donors (Lipinski definition) is 2. The summed E-state index contributed by atoms with van der Waals surface area (Å²) in [5, 5.41) is 13.2. The molecular formula is C14H19N7O3. The zero-order valence-corrected chi connectivity index (χ0v) is 13.4. The number of aromatic amines is 1. The lowest BCUT2D eigenvalue weighted by atomic mass is 10.0. The second-order valence-corrected chi connectivity index (χ2v) is 6.41. The molecule has 1 amide bonds. The molecule has 1 atom stereocenters. The van der Waals surface area contributed by atoms with Gasteiger partial charge in [-0.15, -0.1) is 0 Å². The van der Waals surface area contributed by atoms with Crippen LogP contribution in [-0.2, 0) is 29.7 Å². The number of fused-ring (bicyclic) bond motifs is 1. The van der Waals surface area contributed by atoms with Crippen molar-refractivity contribution in [2.75, 3.05) is 25.0 Å². The number of likely N-dealkylation sites (tertiary alicyclic amines) is 1. The summed E-state index contributed by atoms with van der Waals surface area (Å²) in [4.78, 5) is 26.0. The molecule has 10 nitrogen and oxygen atoms in total. The molecule has 24 heavy (non-hydrogen) atoms. The van der Waals surface area contributed by atoms with Crippen molar-refractivity contribution in [3.8, 4) is 0 Å². The molecule has 0 aromatic carbocycles. The number of aryl methyl sites for hydroxylation is 1. The third kappa shape index (κ3) is 2.74. The number of ether oxygens (including phenoxy) is 1. The maximum Gasteiger partial charge on any atom is 0.343 e. The molecule has 0 saturated carbocycles. The highest BCUT2D eigenvalue weighted by atomic mass is 16.5. The highest BCUT2D eigenvalue weighted by molar-refractivity contribution is 5.92. The Morgan fingerprint density at radius 1 is 1.50 bits per heavy atom. The topological polar surface area (TPSA) is 110 Å². The smallest absolute Gasteiger partial charge is 0.343 e. The van der Waals surface area contributed by atoms with Crippen LogP contribution in [0.1, 0.15) is 12.2 Å². The van der Waals surface area contributed by atoms with Crippen molar-refractivity contribution >= 4 is 11.6 Å². The molecule has 10 heteroatoms. The Hall–Kier alpha value is -2.46. The van der Waals surface area contributed by atoms with E-state index in [-0.39, 0.29) is 18.1 Å². The molecule has 2 aliphatic rings. The Bertz CT molecular complexity index is 822. The normalized spacial score (nSPS) is 23.5. The number of anilines is 1.